The summed E-state index contributed by atoms with van der Waals surface area (Å²) in [6, 6.07) is 13.4. The Kier molecular flexibility index (Phi) is 3.10. The predicted molar refractivity (Wildman–Crippen MR) is 78.2 cm³/mol. The predicted octanol–water partition coefficient (Wildman–Crippen LogP) is 3.20. The standard InChI is InChI=1S/C15H18N2S/c1-11(16)15(14-7-4-10-18-14)17-9-8-12-5-2-3-6-13(12)17/h2-7,10-11,15H,8-9,16H2,1H3. The molecule has 0 saturated heterocycles. The second kappa shape index (κ2) is 4.75. The molecule has 0 radical (unpaired) electrons. The van der Waals surface area contributed by atoms with Gasteiger partial charge in [-0.15, -0.1) is 11.3 Å². The maximum Gasteiger partial charge on any atom is 0.0783 e. The molecule has 2 unspecified atom stereocenters. The van der Waals surface area contributed by atoms with Crippen molar-refractivity contribution >= 4 is 17.0 Å². The minimum atomic E-state index is 0.134. The molecule has 18 heavy (non-hydrogen) atoms. The number of benzene rings is 1. The highest BCUT2D eigenvalue weighted by molar-refractivity contribution is 7.10. The lowest BCUT2D eigenvalue weighted by atomic mass is 10.1. The maximum atomic E-state index is 6.23. The molecule has 0 saturated carbocycles. The Morgan fingerprint density at radius 2 is 2.06 bits per heavy atom. The second-order valence-corrected chi connectivity index (χ2v) is 5.87. The van der Waals surface area contributed by atoms with Crippen LogP contribution in [0.15, 0.2) is 41.8 Å². The van der Waals surface area contributed by atoms with Crippen molar-refractivity contribution < 1.29 is 0 Å². The van der Waals surface area contributed by atoms with Crippen molar-refractivity contribution in [3.8, 4) is 0 Å². The first-order valence-corrected chi connectivity index (χ1v) is 7.29. The number of para-hydroxylation sites is 1. The van der Waals surface area contributed by atoms with Crippen molar-refractivity contribution in [2.24, 2.45) is 5.73 Å². The summed E-state index contributed by atoms with van der Waals surface area (Å²) in [7, 11) is 0. The molecule has 2 aromatic rings. The molecule has 0 bridgehead atoms. The molecule has 1 aromatic heterocycles. The molecular weight excluding hydrogens is 240 g/mol. The lowest BCUT2D eigenvalue weighted by Gasteiger charge is -2.32. The third-order valence-corrected chi connectivity index (χ3v) is 4.53. The molecule has 1 aliphatic heterocycles. The van der Waals surface area contributed by atoms with Gasteiger partial charge < -0.3 is 10.6 Å². The fraction of sp³-hybridized carbons (Fsp3) is 0.333. The highest BCUT2D eigenvalue weighted by Crippen LogP contribution is 2.37. The zero-order valence-electron chi connectivity index (χ0n) is 10.5. The zero-order chi connectivity index (χ0) is 12.5. The number of hydrogen-bond acceptors (Lipinski definition) is 3. The third kappa shape index (κ3) is 1.93. The number of thiophene rings is 1. The molecule has 0 aliphatic carbocycles. The maximum absolute atomic E-state index is 6.23. The number of rotatable bonds is 3. The van der Waals surface area contributed by atoms with E-state index < -0.39 is 0 Å². The van der Waals surface area contributed by atoms with E-state index in [1.54, 1.807) is 11.3 Å². The molecule has 0 spiro atoms. The van der Waals surface area contributed by atoms with Crippen LogP contribution in [0.4, 0.5) is 5.69 Å². The Bertz CT molecular complexity index is 519. The highest BCUT2D eigenvalue weighted by atomic mass is 32.1. The second-order valence-electron chi connectivity index (χ2n) is 4.89. The molecule has 2 nitrogen and oxygen atoms in total. The summed E-state index contributed by atoms with van der Waals surface area (Å²) in [5.74, 6) is 0. The van der Waals surface area contributed by atoms with Crippen LogP contribution in [0.25, 0.3) is 0 Å². The van der Waals surface area contributed by atoms with Gasteiger partial charge in [0.2, 0.25) is 0 Å². The van der Waals surface area contributed by atoms with Crippen molar-refractivity contribution in [2.75, 3.05) is 11.4 Å². The summed E-state index contributed by atoms with van der Waals surface area (Å²) in [4.78, 5) is 3.83. The van der Waals surface area contributed by atoms with Crippen LogP contribution in [0.3, 0.4) is 0 Å². The first-order chi connectivity index (χ1) is 8.77. The Labute approximate surface area is 112 Å². The Balaban J connectivity index is 1.99. The van der Waals surface area contributed by atoms with E-state index in [2.05, 4.69) is 53.6 Å². The van der Waals surface area contributed by atoms with Gasteiger partial charge in [0, 0.05) is 23.2 Å². The highest BCUT2D eigenvalue weighted by Gasteiger charge is 2.29. The van der Waals surface area contributed by atoms with Crippen LogP contribution < -0.4 is 10.6 Å². The largest absolute Gasteiger partial charge is 0.362 e. The smallest absolute Gasteiger partial charge is 0.0783 e. The fourth-order valence-electron chi connectivity index (χ4n) is 2.81. The van der Waals surface area contributed by atoms with Crippen LogP contribution in [-0.2, 0) is 6.42 Å². The quantitative estimate of drug-likeness (QED) is 0.916. The molecule has 2 N–H and O–H groups in total. The normalized spacial score (nSPS) is 17.6. The van der Waals surface area contributed by atoms with Crippen LogP contribution >= 0.6 is 11.3 Å². The Morgan fingerprint density at radius 1 is 1.22 bits per heavy atom. The van der Waals surface area contributed by atoms with E-state index in [-0.39, 0.29) is 6.04 Å². The van der Waals surface area contributed by atoms with Crippen molar-refractivity contribution in [1.82, 2.24) is 0 Å². The third-order valence-electron chi connectivity index (χ3n) is 3.59. The number of fused-ring (bicyclic) bond motifs is 1. The molecule has 3 rings (SSSR count). The van der Waals surface area contributed by atoms with Crippen molar-refractivity contribution in [1.29, 1.82) is 0 Å². The molecule has 2 heterocycles. The molecule has 0 fully saturated rings. The van der Waals surface area contributed by atoms with Crippen molar-refractivity contribution in [3.63, 3.8) is 0 Å². The molecule has 0 amide bonds. The van der Waals surface area contributed by atoms with E-state index in [9.17, 15) is 0 Å². The number of nitrogens with two attached hydrogens (primary N) is 1. The van der Waals surface area contributed by atoms with Gasteiger partial charge in [0.1, 0.15) is 0 Å². The lowest BCUT2D eigenvalue weighted by Crippen LogP contribution is -2.38. The molecular formula is C15H18N2S. The average molecular weight is 258 g/mol. The van der Waals surface area contributed by atoms with Crippen molar-refractivity contribution in [2.45, 2.75) is 25.4 Å². The van der Waals surface area contributed by atoms with E-state index in [4.69, 9.17) is 5.73 Å². The van der Waals surface area contributed by atoms with Crippen LogP contribution in [0.5, 0.6) is 0 Å². The van der Waals surface area contributed by atoms with E-state index >= 15 is 0 Å². The first kappa shape index (κ1) is 11.8. The van der Waals surface area contributed by atoms with Crippen LogP contribution in [0.1, 0.15) is 23.4 Å². The van der Waals surface area contributed by atoms with E-state index in [1.807, 2.05) is 0 Å². The van der Waals surface area contributed by atoms with Crippen LogP contribution in [0.2, 0.25) is 0 Å². The number of nitrogens with zero attached hydrogens (tertiary/aromatic N) is 1. The van der Waals surface area contributed by atoms with E-state index in [1.165, 1.54) is 16.1 Å². The number of hydrogen-bond donors (Lipinski definition) is 1. The topological polar surface area (TPSA) is 29.3 Å². The minimum absolute atomic E-state index is 0.134. The summed E-state index contributed by atoms with van der Waals surface area (Å²) < 4.78 is 0. The van der Waals surface area contributed by atoms with E-state index in [0.717, 1.165) is 13.0 Å². The molecule has 1 aromatic carbocycles. The van der Waals surface area contributed by atoms with Gasteiger partial charge in [-0.05, 0) is 36.4 Å². The summed E-state index contributed by atoms with van der Waals surface area (Å²) in [6.07, 6.45) is 1.13. The summed E-state index contributed by atoms with van der Waals surface area (Å²) >= 11 is 1.80. The van der Waals surface area contributed by atoms with Crippen LogP contribution in [-0.4, -0.2) is 12.6 Å². The van der Waals surface area contributed by atoms with Gasteiger partial charge in [0.05, 0.1) is 6.04 Å². The van der Waals surface area contributed by atoms with Gasteiger partial charge in [-0.3, -0.25) is 0 Å². The molecule has 94 valence electrons. The van der Waals surface area contributed by atoms with Crippen molar-refractivity contribution in [3.05, 3.63) is 52.2 Å². The monoisotopic (exact) mass is 258 g/mol. The van der Waals surface area contributed by atoms with Gasteiger partial charge >= 0.3 is 0 Å². The van der Waals surface area contributed by atoms with Gasteiger partial charge in [-0.1, -0.05) is 24.3 Å². The van der Waals surface area contributed by atoms with Gasteiger partial charge in [0.25, 0.3) is 0 Å². The molecule has 3 heteroatoms. The van der Waals surface area contributed by atoms with Crippen LogP contribution in [0, 0.1) is 0 Å². The lowest BCUT2D eigenvalue weighted by molar-refractivity contribution is 0.549. The zero-order valence-corrected chi connectivity index (χ0v) is 11.4. The van der Waals surface area contributed by atoms with Gasteiger partial charge in [-0.2, -0.15) is 0 Å². The minimum Gasteiger partial charge on any atom is -0.362 e. The Hall–Kier alpha value is -1.32. The summed E-state index contributed by atoms with van der Waals surface area (Å²) in [6.45, 7) is 3.18. The SMILES string of the molecule is CC(N)C(c1cccs1)N1CCc2ccccc21. The summed E-state index contributed by atoms with van der Waals surface area (Å²) in [5, 5.41) is 2.13. The summed E-state index contributed by atoms with van der Waals surface area (Å²) in [5.41, 5.74) is 9.03. The Morgan fingerprint density at radius 3 is 2.78 bits per heavy atom. The molecule has 1 aliphatic rings. The van der Waals surface area contributed by atoms with Gasteiger partial charge in [-0.25, -0.2) is 0 Å². The van der Waals surface area contributed by atoms with E-state index in [0.29, 0.717) is 6.04 Å². The number of anilines is 1. The first-order valence-electron chi connectivity index (χ1n) is 6.41. The van der Waals surface area contributed by atoms with Gasteiger partial charge in [0.15, 0.2) is 0 Å². The average Bonchev–Trinajstić information content (AvgIpc) is 3.00. The fourth-order valence-corrected chi connectivity index (χ4v) is 3.76. The molecule has 2 atom stereocenters.